The molecule has 1 heterocycles. The van der Waals surface area contributed by atoms with Crippen LogP contribution < -0.4 is 16.6 Å². The van der Waals surface area contributed by atoms with E-state index >= 15 is 0 Å². The van der Waals surface area contributed by atoms with Crippen molar-refractivity contribution < 1.29 is 4.79 Å². The number of rotatable bonds is 6. The summed E-state index contributed by atoms with van der Waals surface area (Å²) in [5.74, 6) is -0.242. The minimum atomic E-state index is -0.730. The topological polar surface area (TPSA) is 73.1 Å². The van der Waals surface area contributed by atoms with E-state index in [-0.39, 0.29) is 5.91 Å². The first-order valence-corrected chi connectivity index (χ1v) is 10.1. The quantitative estimate of drug-likeness (QED) is 0.671. The van der Waals surface area contributed by atoms with E-state index in [9.17, 15) is 14.4 Å². The summed E-state index contributed by atoms with van der Waals surface area (Å²) in [6.45, 7) is 6.17. The first-order valence-electron chi connectivity index (χ1n) is 9.71. The Morgan fingerprint density at radius 3 is 2.52 bits per heavy atom. The number of aromatic nitrogens is 2. The SMILES string of the molecule is CCCNC(=O)[C@H](CC)n1c(=O)n(-c2ccc(C)c(Cl)c2)c(=O)c2ccccc21. The third-order valence-corrected chi connectivity index (χ3v) is 5.37. The first kappa shape index (κ1) is 20.9. The normalized spacial score (nSPS) is 12.1. The number of hydrogen-bond donors (Lipinski definition) is 1. The van der Waals surface area contributed by atoms with Crippen LogP contribution in [-0.4, -0.2) is 21.6 Å². The van der Waals surface area contributed by atoms with Crippen LogP contribution >= 0.6 is 11.6 Å². The van der Waals surface area contributed by atoms with Crippen LogP contribution in [0.1, 0.15) is 38.3 Å². The highest BCUT2D eigenvalue weighted by Gasteiger charge is 2.24. The highest BCUT2D eigenvalue weighted by atomic mass is 35.5. The molecule has 0 spiro atoms. The van der Waals surface area contributed by atoms with Gasteiger partial charge in [0.05, 0.1) is 16.6 Å². The van der Waals surface area contributed by atoms with Crippen molar-refractivity contribution in [1.82, 2.24) is 14.5 Å². The molecule has 0 fully saturated rings. The fraction of sp³-hybridized carbons (Fsp3) is 0.318. The van der Waals surface area contributed by atoms with Crippen LogP contribution in [-0.2, 0) is 4.79 Å². The zero-order valence-electron chi connectivity index (χ0n) is 16.7. The number of para-hydroxylation sites is 1. The lowest BCUT2D eigenvalue weighted by Crippen LogP contribution is -2.44. The maximum absolute atomic E-state index is 13.5. The Labute approximate surface area is 173 Å². The number of aryl methyl sites for hydroxylation is 1. The lowest BCUT2D eigenvalue weighted by Gasteiger charge is -2.21. The van der Waals surface area contributed by atoms with Gasteiger partial charge in [0.15, 0.2) is 0 Å². The summed E-state index contributed by atoms with van der Waals surface area (Å²) in [5.41, 5.74) is 0.655. The molecule has 0 saturated carbocycles. The van der Waals surface area contributed by atoms with E-state index in [0.29, 0.717) is 34.6 Å². The zero-order chi connectivity index (χ0) is 21.1. The van der Waals surface area contributed by atoms with Gasteiger partial charge in [-0.2, -0.15) is 0 Å². The summed E-state index contributed by atoms with van der Waals surface area (Å²) in [6.07, 6.45) is 1.20. The molecule has 0 aliphatic carbocycles. The van der Waals surface area contributed by atoms with Crippen LogP contribution in [0, 0.1) is 6.92 Å². The van der Waals surface area contributed by atoms with Gasteiger partial charge < -0.3 is 5.32 Å². The highest BCUT2D eigenvalue weighted by molar-refractivity contribution is 6.31. The van der Waals surface area contributed by atoms with E-state index in [1.165, 1.54) is 4.57 Å². The molecule has 6 nitrogen and oxygen atoms in total. The van der Waals surface area contributed by atoms with E-state index in [0.717, 1.165) is 16.6 Å². The third-order valence-electron chi connectivity index (χ3n) is 4.96. The monoisotopic (exact) mass is 413 g/mol. The number of fused-ring (bicyclic) bond motifs is 1. The molecule has 0 bridgehead atoms. The fourth-order valence-electron chi connectivity index (χ4n) is 3.38. The van der Waals surface area contributed by atoms with Crippen molar-refractivity contribution in [2.24, 2.45) is 0 Å². The predicted octanol–water partition coefficient (Wildman–Crippen LogP) is 3.59. The van der Waals surface area contributed by atoms with E-state index in [4.69, 9.17) is 11.6 Å². The van der Waals surface area contributed by atoms with Crippen molar-refractivity contribution in [1.29, 1.82) is 0 Å². The first-order chi connectivity index (χ1) is 13.9. The van der Waals surface area contributed by atoms with Gasteiger partial charge in [-0.15, -0.1) is 0 Å². The Morgan fingerprint density at radius 1 is 1.14 bits per heavy atom. The second-order valence-corrected chi connectivity index (χ2v) is 7.37. The number of nitrogens with zero attached hydrogens (tertiary/aromatic N) is 2. The lowest BCUT2D eigenvalue weighted by atomic mass is 10.1. The van der Waals surface area contributed by atoms with Gasteiger partial charge in [0.1, 0.15) is 6.04 Å². The average Bonchev–Trinajstić information content (AvgIpc) is 2.72. The minimum absolute atomic E-state index is 0.242. The summed E-state index contributed by atoms with van der Waals surface area (Å²) >= 11 is 6.24. The molecule has 1 amide bonds. The molecule has 2 aromatic carbocycles. The standard InChI is InChI=1S/C22H24ClN3O3/c1-4-12-24-20(27)18(5-2)26-19-9-7-6-8-16(19)21(28)25(22(26)29)15-11-10-14(3)17(23)13-15/h6-11,13,18H,4-5,12H2,1-3H3,(H,24,27)/t18-/m0/s1. The number of hydrogen-bond acceptors (Lipinski definition) is 3. The summed E-state index contributed by atoms with van der Waals surface area (Å²) in [6, 6.07) is 11.2. The van der Waals surface area contributed by atoms with Crippen molar-refractivity contribution in [2.75, 3.05) is 6.54 Å². The second-order valence-electron chi connectivity index (χ2n) is 6.96. The number of halogens is 1. The van der Waals surface area contributed by atoms with Gasteiger partial charge in [0.2, 0.25) is 5.91 Å². The molecule has 29 heavy (non-hydrogen) atoms. The van der Waals surface area contributed by atoms with Gasteiger partial charge in [-0.25, -0.2) is 9.36 Å². The van der Waals surface area contributed by atoms with Gasteiger partial charge in [-0.3, -0.25) is 14.2 Å². The number of carbonyl (C=O) groups is 1. The molecule has 3 rings (SSSR count). The van der Waals surface area contributed by atoms with Gasteiger partial charge in [-0.05, 0) is 49.6 Å². The number of benzene rings is 2. The van der Waals surface area contributed by atoms with E-state index in [1.54, 1.807) is 42.5 Å². The summed E-state index contributed by atoms with van der Waals surface area (Å²) in [5, 5.41) is 3.68. The van der Waals surface area contributed by atoms with E-state index in [2.05, 4.69) is 5.32 Å². The van der Waals surface area contributed by atoms with Gasteiger partial charge in [-0.1, -0.05) is 43.6 Å². The molecule has 3 aromatic rings. The van der Waals surface area contributed by atoms with Crippen molar-refractivity contribution in [2.45, 2.75) is 39.7 Å². The Kier molecular flexibility index (Phi) is 6.23. The Hall–Kier alpha value is -2.86. The summed E-state index contributed by atoms with van der Waals surface area (Å²) < 4.78 is 2.50. The van der Waals surface area contributed by atoms with Gasteiger partial charge in [0, 0.05) is 11.6 Å². The van der Waals surface area contributed by atoms with Crippen LogP contribution in [0.3, 0.4) is 0 Å². The molecule has 0 aliphatic heterocycles. The highest BCUT2D eigenvalue weighted by Crippen LogP contribution is 2.20. The van der Waals surface area contributed by atoms with E-state index < -0.39 is 17.3 Å². The maximum atomic E-state index is 13.5. The average molecular weight is 414 g/mol. The van der Waals surface area contributed by atoms with Gasteiger partial charge >= 0.3 is 5.69 Å². The number of nitrogens with one attached hydrogen (secondary N) is 1. The number of carbonyl (C=O) groups excluding carboxylic acids is 1. The van der Waals surface area contributed by atoms with Crippen molar-refractivity contribution in [3.05, 3.63) is 73.9 Å². The molecule has 152 valence electrons. The molecular weight excluding hydrogens is 390 g/mol. The summed E-state index contributed by atoms with van der Waals surface area (Å²) in [7, 11) is 0. The number of amides is 1. The van der Waals surface area contributed by atoms with Gasteiger partial charge in [0.25, 0.3) is 5.56 Å². The molecule has 1 atom stereocenters. The molecule has 0 radical (unpaired) electrons. The molecule has 0 saturated heterocycles. The molecule has 1 N–H and O–H groups in total. The smallest absolute Gasteiger partial charge is 0.336 e. The maximum Gasteiger partial charge on any atom is 0.336 e. The van der Waals surface area contributed by atoms with Crippen LogP contribution in [0.5, 0.6) is 0 Å². The minimum Gasteiger partial charge on any atom is -0.354 e. The van der Waals surface area contributed by atoms with Crippen molar-refractivity contribution in [3.63, 3.8) is 0 Å². The molecule has 7 heteroatoms. The van der Waals surface area contributed by atoms with Crippen LogP contribution in [0.15, 0.2) is 52.1 Å². The fourth-order valence-corrected chi connectivity index (χ4v) is 3.56. The molecule has 1 aromatic heterocycles. The molecule has 0 unspecified atom stereocenters. The summed E-state index contributed by atoms with van der Waals surface area (Å²) in [4.78, 5) is 39.4. The largest absolute Gasteiger partial charge is 0.354 e. The molecular formula is C22H24ClN3O3. The van der Waals surface area contributed by atoms with Crippen LogP contribution in [0.4, 0.5) is 0 Å². The Balaban J connectivity index is 2.35. The van der Waals surface area contributed by atoms with Crippen LogP contribution in [0.2, 0.25) is 5.02 Å². The van der Waals surface area contributed by atoms with Crippen molar-refractivity contribution in [3.8, 4) is 5.69 Å². The zero-order valence-corrected chi connectivity index (χ0v) is 17.5. The van der Waals surface area contributed by atoms with Crippen LogP contribution in [0.25, 0.3) is 16.6 Å². The van der Waals surface area contributed by atoms with Crippen molar-refractivity contribution >= 4 is 28.4 Å². The predicted molar refractivity (Wildman–Crippen MR) is 116 cm³/mol. The second kappa shape index (κ2) is 8.66. The van der Waals surface area contributed by atoms with E-state index in [1.807, 2.05) is 20.8 Å². The lowest BCUT2D eigenvalue weighted by molar-refractivity contribution is -0.124. The Morgan fingerprint density at radius 2 is 1.86 bits per heavy atom. The molecule has 0 aliphatic rings. The Bertz CT molecular complexity index is 1180. The third kappa shape index (κ3) is 3.85.